The van der Waals surface area contributed by atoms with Gasteiger partial charge in [0.25, 0.3) is 0 Å². The van der Waals surface area contributed by atoms with Crippen molar-refractivity contribution in [3.05, 3.63) is 0 Å². The molecular weight excluding hydrogens is 433 g/mol. The van der Waals surface area contributed by atoms with Gasteiger partial charge in [-0.15, -0.1) is 24.0 Å². The van der Waals surface area contributed by atoms with Gasteiger partial charge >= 0.3 is 0 Å². The molecule has 25 heavy (non-hydrogen) atoms. The highest BCUT2D eigenvalue weighted by Gasteiger charge is 2.21. The Kier molecular flexibility index (Phi) is 11.6. The van der Waals surface area contributed by atoms with Crippen molar-refractivity contribution in [3.63, 3.8) is 0 Å². The first-order valence-corrected chi connectivity index (χ1v) is 8.83. The molecule has 2 atom stereocenters. The van der Waals surface area contributed by atoms with Crippen LogP contribution in [0.5, 0.6) is 0 Å². The van der Waals surface area contributed by atoms with E-state index in [1.165, 1.54) is 0 Å². The summed E-state index contributed by atoms with van der Waals surface area (Å²) in [6, 6.07) is 0. The van der Waals surface area contributed by atoms with Crippen LogP contribution in [-0.4, -0.2) is 74.3 Å². The lowest BCUT2D eigenvalue weighted by Crippen LogP contribution is -2.48. The molecule has 1 amide bonds. The molecule has 1 aliphatic rings. The number of ether oxygens (including phenoxy) is 1. The fourth-order valence-electron chi connectivity index (χ4n) is 2.82. The van der Waals surface area contributed by atoms with Gasteiger partial charge in [-0.1, -0.05) is 0 Å². The Morgan fingerprint density at radius 2 is 1.80 bits per heavy atom. The first-order chi connectivity index (χ1) is 11.2. The van der Waals surface area contributed by atoms with Crippen LogP contribution in [-0.2, 0) is 9.53 Å². The number of carbonyl (C=O) groups excluding carboxylic acids is 1. The summed E-state index contributed by atoms with van der Waals surface area (Å²) >= 11 is 0. The van der Waals surface area contributed by atoms with Crippen molar-refractivity contribution in [3.8, 4) is 0 Å². The van der Waals surface area contributed by atoms with Crippen molar-refractivity contribution in [2.45, 2.75) is 58.8 Å². The van der Waals surface area contributed by atoms with Crippen LogP contribution in [0.15, 0.2) is 4.99 Å². The molecule has 1 saturated heterocycles. The van der Waals surface area contributed by atoms with E-state index in [0.717, 1.165) is 32.6 Å². The second-order valence-corrected chi connectivity index (χ2v) is 7.52. The van der Waals surface area contributed by atoms with E-state index < -0.39 is 0 Å². The van der Waals surface area contributed by atoms with Crippen LogP contribution in [0, 0.1) is 0 Å². The summed E-state index contributed by atoms with van der Waals surface area (Å²) in [5.41, 5.74) is -0.220. The maximum Gasteiger partial charge on any atom is 0.239 e. The maximum absolute atomic E-state index is 11.8. The molecule has 0 bridgehead atoms. The molecule has 0 aliphatic carbocycles. The Hall–Kier alpha value is -0.610. The number of nitrogens with one attached hydrogen (secondary N) is 3. The molecule has 0 spiro atoms. The zero-order valence-electron chi connectivity index (χ0n) is 16.5. The Bertz CT molecular complexity index is 416. The van der Waals surface area contributed by atoms with Crippen molar-refractivity contribution >= 4 is 35.8 Å². The summed E-state index contributed by atoms with van der Waals surface area (Å²) in [6.07, 6.45) is 1.63. The Labute approximate surface area is 169 Å². The van der Waals surface area contributed by atoms with E-state index in [-0.39, 0.29) is 42.0 Å². The lowest BCUT2D eigenvalue weighted by atomic mass is 10.1. The monoisotopic (exact) mass is 469 g/mol. The van der Waals surface area contributed by atoms with Gasteiger partial charge in [-0.2, -0.15) is 0 Å². The van der Waals surface area contributed by atoms with Crippen molar-refractivity contribution in [2.75, 3.05) is 39.8 Å². The first kappa shape index (κ1) is 24.4. The van der Waals surface area contributed by atoms with E-state index >= 15 is 0 Å². The third-order valence-electron chi connectivity index (χ3n) is 3.59. The van der Waals surface area contributed by atoms with Crippen molar-refractivity contribution < 1.29 is 9.53 Å². The molecule has 148 valence electrons. The highest BCUT2D eigenvalue weighted by Crippen LogP contribution is 2.10. The van der Waals surface area contributed by atoms with E-state index in [2.05, 4.69) is 39.7 Å². The molecule has 0 radical (unpaired) electrons. The number of hydrogen-bond acceptors (Lipinski definition) is 4. The average Bonchev–Trinajstić information content (AvgIpc) is 2.43. The van der Waals surface area contributed by atoms with Gasteiger partial charge in [0.15, 0.2) is 5.96 Å². The predicted molar refractivity (Wildman–Crippen MR) is 114 cm³/mol. The molecule has 0 aromatic carbocycles. The lowest BCUT2D eigenvalue weighted by molar-refractivity contribution is -0.121. The van der Waals surface area contributed by atoms with Crippen LogP contribution in [0.1, 0.15) is 41.0 Å². The minimum Gasteiger partial charge on any atom is -0.373 e. The number of morpholine rings is 1. The van der Waals surface area contributed by atoms with E-state index in [1.54, 1.807) is 7.05 Å². The Morgan fingerprint density at radius 1 is 1.20 bits per heavy atom. The molecule has 7 nitrogen and oxygen atoms in total. The molecule has 0 aromatic heterocycles. The maximum atomic E-state index is 11.8. The highest BCUT2D eigenvalue weighted by molar-refractivity contribution is 14.0. The molecule has 0 aromatic rings. The number of nitrogens with zero attached hydrogens (tertiary/aromatic N) is 2. The molecule has 8 heteroatoms. The summed E-state index contributed by atoms with van der Waals surface area (Å²) in [5, 5.41) is 9.20. The fraction of sp³-hybridized carbons (Fsp3) is 0.882. The van der Waals surface area contributed by atoms with Crippen molar-refractivity contribution in [2.24, 2.45) is 4.99 Å². The smallest absolute Gasteiger partial charge is 0.239 e. The minimum atomic E-state index is -0.220. The fourth-order valence-corrected chi connectivity index (χ4v) is 2.82. The van der Waals surface area contributed by atoms with Gasteiger partial charge in [-0.3, -0.25) is 14.7 Å². The molecular formula is C17H36IN5O2. The SMILES string of the molecule is CN=C(NCCCN1CC(C)OC(C)C1)NCC(=O)NC(C)(C)C.I. The quantitative estimate of drug-likeness (QED) is 0.236. The number of halogens is 1. The number of carbonyl (C=O) groups is 1. The van der Waals surface area contributed by atoms with Gasteiger partial charge in [-0.25, -0.2) is 0 Å². The van der Waals surface area contributed by atoms with Gasteiger partial charge in [0.2, 0.25) is 5.91 Å². The third-order valence-corrected chi connectivity index (χ3v) is 3.59. The molecule has 1 aliphatic heterocycles. The second kappa shape index (κ2) is 11.9. The number of aliphatic imine (C=N–C) groups is 1. The topological polar surface area (TPSA) is 78.0 Å². The number of guanidine groups is 1. The highest BCUT2D eigenvalue weighted by atomic mass is 127. The van der Waals surface area contributed by atoms with Gasteiger partial charge in [0, 0.05) is 38.8 Å². The lowest BCUT2D eigenvalue weighted by Gasteiger charge is -2.35. The Morgan fingerprint density at radius 3 is 2.32 bits per heavy atom. The normalized spacial score (nSPS) is 22.1. The van der Waals surface area contributed by atoms with E-state index in [9.17, 15) is 4.79 Å². The largest absolute Gasteiger partial charge is 0.373 e. The Balaban J connectivity index is 0.00000576. The van der Waals surface area contributed by atoms with E-state index in [4.69, 9.17) is 4.74 Å². The number of rotatable bonds is 6. The van der Waals surface area contributed by atoms with Crippen molar-refractivity contribution in [1.82, 2.24) is 20.9 Å². The molecule has 2 unspecified atom stereocenters. The van der Waals surface area contributed by atoms with Crippen LogP contribution in [0.3, 0.4) is 0 Å². The van der Waals surface area contributed by atoms with Gasteiger partial charge in [-0.05, 0) is 41.0 Å². The predicted octanol–water partition coefficient (Wildman–Crippen LogP) is 1.18. The molecule has 0 saturated carbocycles. The number of amides is 1. The molecule has 1 rings (SSSR count). The van der Waals surface area contributed by atoms with E-state index in [1.807, 2.05) is 20.8 Å². The van der Waals surface area contributed by atoms with Gasteiger partial charge in [0.05, 0.1) is 18.8 Å². The van der Waals surface area contributed by atoms with Crippen LogP contribution in [0.25, 0.3) is 0 Å². The van der Waals surface area contributed by atoms with Crippen molar-refractivity contribution in [1.29, 1.82) is 0 Å². The van der Waals surface area contributed by atoms with Gasteiger partial charge < -0.3 is 20.7 Å². The van der Waals surface area contributed by atoms with Gasteiger partial charge in [0.1, 0.15) is 0 Å². The van der Waals surface area contributed by atoms with Crippen LogP contribution < -0.4 is 16.0 Å². The zero-order chi connectivity index (χ0) is 18.2. The standard InChI is InChI=1S/C17H35N5O2.HI/c1-13-11-22(12-14(2)24-13)9-7-8-19-16(18-6)20-10-15(23)21-17(3,4)5;/h13-14H,7-12H2,1-6H3,(H,21,23)(H2,18,19,20);1H. The summed E-state index contributed by atoms with van der Waals surface area (Å²) in [4.78, 5) is 18.4. The molecule has 1 heterocycles. The van der Waals surface area contributed by atoms with Crippen LogP contribution in [0.2, 0.25) is 0 Å². The summed E-state index contributed by atoms with van der Waals surface area (Å²) < 4.78 is 5.74. The van der Waals surface area contributed by atoms with E-state index in [0.29, 0.717) is 18.2 Å². The van der Waals surface area contributed by atoms with Crippen LogP contribution in [0.4, 0.5) is 0 Å². The number of hydrogen-bond donors (Lipinski definition) is 3. The molecule has 3 N–H and O–H groups in total. The zero-order valence-corrected chi connectivity index (χ0v) is 18.8. The minimum absolute atomic E-state index is 0. The second-order valence-electron chi connectivity index (χ2n) is 7.52. The first-order valence-electron chi connectivity index (χ1n) is 8.83. The average molecular weight is 469 g/mol. The summed E-state index contributed by atoms with van der Waals surface area (Å²) in [5.74, 6) is 0.615. The molecule has 1 fully saturated rings. The summed E-state index contributed by atoms with van der Waals surface area (Å²) in [7, 11) is 1.71. The van der Waals surface area contributed by atoms with Crippen LogP contribution >= 0.6 is 24.0 Å². The summed E-state index contributed by atoms with van der Waals surface area (Å²) in [6.45, 7) is 14.2. The third kappa shape index (κ3) is 11.6.